The SMILES string of the molecule is CC(C)c1cc(C(=O)O)nc2c1CCNC2. The Balaban J connectivity index is 2.56. The number of carbonyl (C=O) groups is 1. The number of fused-ring (bicyclic) bond motifs is 1. The fourth-order valence-electron chi connectivity index (χ4n) is 2.13. The summed E-state index contributed by atoms with van der Waals surface area (Å²) in [5.41, 5.74) is 3.42. The van der Waals surface area contributed by atoms with Gasteiger partial charge >= 0.3 is 5.97 Å². The van der Waals surface area contributed by atoms with E-state index in [9.17, 15) is 4.79 Å². The molecule has 0 spiro atoms. The Morgan fingerprint density at radius 2 is 2.31 bits per heavy atom. The molecule has 0 amide bonds. The second-order valence-corrected chi connectivity index (χ2v) is 4.41. The third-order valence-electron chi connectivity index (χ3n) is 2.93. The lowest BCUT2D eigenvalue weighted by atomic mass is 9.92. The predicted octanol–water partition coefficient (Wildman–Crippen LogP) is 1.55. The van der Waals surface area contributed by atoms with Gasteiger partial charge in [0.25, 0.3) is 0 Å². The molecule has 1 aliphatic heterocycles. The minimum Gasteiger partial charge on any atom is -0.477 e. The highest BCUT2D eigenvalue weighted by molar-refractivity contribution is 5.85. The van der Waals surface area contributed by atoms with Crippen molar-refractivity contribution in [2.75, 3.05) is 6.54 Å². The van der Waals surface area contributed by atoms with Crippen molar-refractivity contribution in [3.63, 3.8) is 0 Å². The predicted molar refractivity (Wildman–Crippen MR) is 60.7 cm³/mol. The van der Waals surface area contributed by atoms with Gasteiger partial charge in [-0.3, -0.25) is 0 Å². The van der Waals surface area contributed by atoms with Crippen molar-refractivity contribution < 1.29 is 9.90 Å². The van der Waals surface area contributed by atoms with E-state index in [0.717, 1.165) is 24.2 Å². The van der Waals surface area contributed by atoms with Crippen molar-refractivity contribution in [1.29, 1.82) is 0 Å². The van der Waals surface area contributed by atoms with Crippen LogP contribution in [-0.2, 0) is 13.0 Å². The van der Waals surface area contributed by atoms with Crippen LogP contribution in [0.5, 0.6) is 0 Å². The molecule has 0 aliphatic carbocycles. The van der Waals surface area contributed by atoms with E-state index < -0.39 is 5.97 Å². The van der Waals surface area contributed by atoms with Gasteiger partial charge in [-0.2, -0.15) is 0 Å². The first-order valence-electron chi connectivity index (χ1n) is 5.56. The first kappa shape index (κ1) is 11.1. The van der Waals surface area contributed by atoms with Crippen molar-refractivity contribution in [2.45, 2.75) is 32.7 Å². The van der Waals surface area contributed by atoms with Crippen LogP contribution in [0.1, 0.15) is 47.1 Å². The van der Waals surface area contributed by atoms with E-state index >= 15 is 0 Å². The molecule has 0 saturated carbocycles. The number of carboxylic acids is 1. The average molecular weight is 220 g/mol. The maximum Gasteiger partial charge on any atom is 0.354 e. The van der Waals surface area contributed by atoms with Gasteiger partial charge in [0.2, 0.25) is 0 Å². The fraction of sp³-hybridized carbons (Fsp3) is 0.500. The van der Waals surface area contributed by atoms with E-state index in [-0.39, 0.29) is 5.69 Å². The molecule has 0 aromatic carbocycles. The number of nitrogens with zero attached hydrogens (tertiary/aromatic N) is 1. The molecule has 4 nitrogen and oxygen atoms in total. The van der Waals surface area contributed by atoms with Gasteiger partial charge in [-0.15, -0.1) is 0 Å². The highest BCUT2D eigenvalue weighted by Gasteiger charge is 2.19. The number of hydrogen-bond donors (Lipinski definition) is 2. The first-order valence-corrected chi connectivity index (χ1v) is 5.56. The zero-order valence-corrected chi connectivity index (χ0v) is 9.58. The van der Waals surface area contributed by atoms with Gasteiger partial charge < -0.3 is 10.4 Å². The molecule has 0 unspecified atom stereocenters. The van der Waals surface area contributed by atoms with E-state index in [0.29, 0.717) is 12.5 Å². The molecule has 2 rings (SSSR count). The second kappa shape index (κ2) is 4.22. The van der Waals surface area contributed by atoms with Crippen LogP contribution >= 0.6 is 0 Å². The highest BCUT2D eigenvalue weighted by Crippen LogP contribution is 2.25. The van der Waals surface area contributed by atoms with Gasteiger partial charge in [0.15, 0.2) is 0 Å². The molecule has 2 heterocycles. The number of pyridine rings is 1. The number of aromatic nitrogens is 1. The van der Waals surface area contributed by atoms with Gasteiger partial charge in [-0.05, 0) is 36.1 Å². The van der Waals surface area contributed by atoms with E-state index in [1.54, 1.807) is 6.07 Å². The Hall–Kier alpha value is -1.42. The Labute approximate surface area is 94.7 Å². The summed E-state index contributed by atoms with van der Waals surface area (Å²) < 4.78 is 0. The number of aromatic carboxylic acids is 1. The lowest BCUT2D eigenvalue weighted by molar-refractivity contribution is 0.0690. The van der Waals surface area contributed by atoms with Crippen LogP contribution < -0.4 is 5.32 Å². The van der Waals surface area contributed by atoms with Crippen LogP contribution in [0.3, 0.4) is 0 Å². The number of rotatable bonds is 2. The van der Waals surface area contributed by atoms with Crippen LogP contribution in [0, 0.1) is 0 Å². The largest absolute Gasteiger partial charge is 0.477 e. The third-order valence-corrected chi connectivity index (χ3v) is 2.93. The first-order chi connectivity index (χ1) is 7.59. The summed E-state index contributed by atoms with van der Waals surface area (Å²) in [5, 5.41) is 12.2. The van der Waals surface area contributed by atoms with Gasteiger partial charge in [-0.25, -0.2) is 9.78 Å². The van der Waals surface area contributed by atoms with Crippen LogP contribution in [0.15, 0.2) is 6.07 Å². The maximum absolute atomic E-state index is 11.0. The Kier molecular flexibility index (Phi) is 2.92. The summed E-state index contributed by atoms with van der Waals surface area (Å²) in [6.45, 7) is 5.80. The summed E-state index contributed by atoms with van der Waals surface area (Å²) >= 11 is 0. The van der Waals surface area contributed by atoms with Crippen LogP contribution in [0.2, 0.25) is 0 Å². The van der Waals surface area contributed by atoms with Crippen LogP contribution in [0.25, 0.3) is 0 Å². The van der Waals surface area contributed by atoms with Crippen molar-refractivity contribution in [3.8, 4) is 0 Å². The van der Waals surface area contributed by atoms with Crippen molar-refractivity contribution in [2.24, 2.45) is 0 Å². The third kappa shape index (κ3) is 1.93. The average Bonchev–Trinajstić information content (AvgIpc) is 2.27. The van der Waals surface area contributed by atoms with Crippen LogP contribution in [0.4, 0.5) is 0 Å². The van der Waals surface area contributed by atoms with E-state index in [2.05, 4.69) is 24.1 Å². The number of nitrogens with one attached hydrogen (secondary N) is 1. The molecule has 16 heavy (non-hydrogen) atoms. The van der Waals surface area contributed by atoms with Crippen molar-refractivity contribution >= 4 is 5.97 Å². The molecule has 86 valence electrons. The molecule has 0 fully saturated rings. The molecule has 2 N–H and O–H groups in total. The van der Waals surface area contributed by atoms with Crippen LogP contribution in [-0.4, -0.2) is 22.6 Å². The molecular weight excluding hydrogens is 204 g/mol. The quantitative estimate of drug-likeness (QED) is 0.793. The van der Waals surface area contributed by atoms with Gasteiger partial charge in [0.05, 0.1) is 5.69 Å². The second-order valence-electron chi connectivity index (χ2n) is 4.41. The highest BCUT2D eigenvalue weighted by atomic mass is 16.4. The topological polar surface area (TPSA) is 62.2 Å². The maximum atomic E-state index is 11.0. The summed E-state index contributed by atoms with van der Waals surface area (Å²) in [4.78, 5) is 15.2. The van der Waals surface area contributed by atoms with E-state index in [1.165, 1.54) is 5.56 Å². The Bertz CT molecular complexity index is 427. The normalized spacial score (nSPS) is 14.9. The molecular formula is C12H16N2O2. The molecule has 4 heteroatoms. The van der Waals surface area contributed by atoms with Crippen molar-refractivity contribution in [1.82, 2.24) is 10.3 Å². The summed E-state index contributed by atoms with van der Waals surface area (Å²) in [6, 6.07) is 1.72. The summed E-state index contributed by atoms with van der Waals surface area (Å²) in [7, 11) is 0. The van der Waals surface area contributed by atoms with Gasteiger partial charge in [-0.1, -0.05) is 13.8 Å². The van der Waals surface area contributed by atoms with E-state index in [4.69, 9.17) is 5.11 Å². The number of carboxylic acid groups (broad SMARTS) is 1. The fourth-order valence-corrected chi connectivity index (χ4v) is 2.13. The monoisotopic (exact) mass is 220 g/mol. The van der Waals surface area contributed by atoms with Crippen molar-refractivity contribution in [3.05, 3.63) is 28.6 Å². The zero-order valence-electron chi connectivity index (χ0n) is 9.58. The minimum absolute atomic E-state index is 0.158. The Morgan fingerprint density at radius 3 is 2.94 bits per heavy atom. The molecule has 0 atom stereocenters. The number of hydrogen-bond acceptors (Lipinski definition) is 3. The standard InChI is InChI=1S/C12H16N2O2/c1-7(2)9-5-10(12(15)16)14-11-6-13-4-3-8(9)11/h5,7,13H,3-4,6H2,1-2H3,(H,15,16). The lowest BCUT2D eigenvalue weighted by Gasteiger charge is -2.21. The minimum atomic E-state index is -0.949. The molecule has 0 bridgehead atoms. The van der Waals surface area contributed by atoms with E-state index in [1.807, 2.05) is 0 Å². The summed E-state index contributed by atoms with van der Waals surface area (Å²) in [6.07, 6.45) is 0.940. The van der Waals surface area contributed by atoms with Gasteiger partial charge in [0.1, 0.15) is 5.69 Å². The van der Waals surface area contributed by atoms with Gasteiger partial charge in [0, 0.05) is 6.54 Å². The zero-order chi connectivity index (χ0) is 11.7. The lowest BCUT2D eigenvalue weighted by Crippen LogP contribution is -2.27. The molecule has 1 aromatic heterocycles. The molecule has 1 aliphatic rings. The summed E-state index contributed by atoms with van der Waals surface area (Å²) in [5.74, 6) is -0.608. The molecule has 0 saturated heterocycles. The molecule has 1 aromatic rings. The smallest absolute Gasteiger partial charge is 0.354 e. The molecule has 0 radical (unpaired) electrons. The Morgan fingerprint density at radius 1 is 1.56 bits per heavy atom.